The Morgan fingerprint density at radius 2 is 1.63 bits per heavy atom. The van der Waals surface area contributed by atoms with Crippen LogP contribution in [-0.4, -0.2) is 35.1 Å². The predicted octanol–water partition coefficient (Wildman–Crippen LogP) is 4.64. The van der Waals surface area contributed by atoms with Gasteiger partial charge in [0.1, 0.15) is 5.82 Å². The van der Waals surface area contributed by atoms with E-state index in [2.05, 4.69) is 5.10 Å². The number of benzene rings is 3. The zero-order chi connectivity index (χ0) is 20.9. The number of hydrogen-bond donors (Lipinski definition) is 0. The molecule has 30 heavy (non-hydrogen) atoms. The van der Waals surface area contributed by atoms with Gasteiger partial charge < -0.3 is 0 Å². The highest BCUT2D eigenvalue weighted by Crippen LogP contribution is 2.33. The zero-order valence-electron chi connectivity index (χ0n) is 16.9. The molecule has 4 nitrogen and oxygen atoms in total. The predicted molar refractivity (Wildman–Crippen MR) is 116 cm³/mol. The van der Waals surface area contributed by atoms with E-state index in [1.165, 1.54) is 12.1 Å². The van der Waals surface area contributed by atoms with Gasteiger partial charge in [-0.25, -0.2) is 9.40 Å². The van der Waals surface area contributed by atoms with Crippen molar-refractivity contribution >= 4 is 11.6 Å². The smallest absolute Gasteiger partial charge is 0.257 e. The summed E-state index contributed by atoms with van der Waals surface area (Å²) in [7, 11) is 1.93. The van der Waals surface area contributed by atoms with Gasteiger partial charge in [-0.2, -0.15) is 5.10 Å². The first kappa shape index (κ1) is 20.0. The molecule has 5 heteroatoms. The number of amides is 1. The van der Waals surface area contributed by atoms with Crippen molar-refractivity contribution in [2.45, 2.75) is 19.0 Å². The van der Waals surface area contributed by atoms with Gasteiger partial charge in [0.05, 0.1) is 18.3 Å². The maximum atomic E-state index is 13.4. The van der Waals surface area contributed by atoms with Crippen molar-refractivity contribution in [3.05, 3.63) is 107 Å². The summed E-state index contributed by atoms with van der Waals surface area (Å²) in [5, 5.41) is 6.25. The van der Waals surface area contributed by atoms with Crippen LogP contribution in [0.15, 0.2) is 90.0 Å². The first-order chi connectivity index (χ1) is 14.6. The molecule has 0 spiro atoms. The van der Waals surface area contributed by atoms with Crippen LogP contribution in [0, 0.1) is 5.82 Å². The van der Waals surface area contributed by atoms with E-state index in [9.17, 15) is 9.18 Å². The lowest BCUT2D eigenvalue weighted by Gasteiger charge is -2.25. The average Bonchev–Trinajstić information content (AvgIpc) is 3.21. The Labute approximate surface area is 176 Å². The highest BCUT2D eigenvalue weighted by Gasteiger charge is 2.33. The molecule has 1 aliphatic rings. The molecule has 0 saturated carbocycles. The summed E-state index contributed by atoms with van der Waals surface area (Å²) in [6.07, 6.45) is 0.601. The molecule has 0 bridgehead atoms. The van der Waals surface area contributed by atoms with Crippen molar-refractivity contribution in [3.63, 3.8) is 0 Å². The highest BCUT2D eigenvalue weighted by molar-refractivity contribution is 6.03. The Kier molecular flexibility index (Phi) is 6.00. The Morgan fingerprint density at radius 1 is 1.00 bits per heavy atom. The van der Waals surface area contributed by atoms with Gasteiger partial charge >= 0.3 is 0 Å². The van der Waals surface area contributed by atoms with Crippen molar-refractivity contribution in [2.75, 3.05) is 13.6 Å². The fourth-order valence-electron chi connectivity index (χ4n) is 3.74. The van der Waals surface area contributed by atoms with Crippen molar-refractivity contribution in [2.24, 2.45) is 5.10 Å². The standard InChI is InChI=1S/C25H24FN3O/c1-28(17-19-8-4-2-5-9-19)18-25(30)29-24(21-12-14-22(26)15-13-21)16-23(27-29)20-10-6-3-7-11-20/h2-15,24H,16-18H2,1H3/t24-/m1/s1. The van der Waals surface area contributed by atoms with Gasteiger partial charge in [0, 0.05) is 13.0 Å². The number of hydrazone groups is 1. The third-order valence-corrected chi connectivity index (χ3v) is 5.23. The third-order valence-electron chi connectivity index (χ3n) is 5.23. The minimum absolute atomic E-state index is 0.0753. The summed E-state index contributed by atoms with van der Waals surface area (Å²) < 4.78 is 13.4. The number of carbonyl (C=O) groups is 1. The number of halogens is 1. The molecule has 0 aromatic heterocycles. The Morgan fingerprint density at radius 3 is 2.30 bits per heavy atom. The lowest BCUT2D eigenvalue weighted by atomic mass is 9.98. The summed E-state index contributed by atoms with van der Waals surface area (Å²) in [6, 6.07) is 26.0. The first-order valence-electron chi connectivity index (χ1n) is 10.0. The van der Waals surface area contributed by atoms with Crippen molar-refractivity contribution < 1.29 is 9.18 Å². The van der Waals surface area contributed by atoms with Gasteiger partial charge in [0.2, 0.25) is 0 Å². The normalized spacial score (nSPS) is 16.0. The van der Waals surface area contributed by atoms with Crippen LogP contribution >= 0.6 is 0 Å². The van der Waals surface area contributed by atoms with Crippen LogP contribution in [0.2, 0.25) is 0 Å². The van der Waals surface area contributed by atoms with Crippen LogP contribution in [0.3, 0.4) is 0 Å². The Balaban J connectivity index is 1.55. The molecule has 3 aromatic rings. The average molecular weight is 401 g/mol. The number of likely N-dealkylation sites (N-methyl/N-ethyl adjacent to an activating group) is 1. The minimum atomic E-state index is -0.290. The molecule has 0 unspecified atom stereocenters. The second-order valence-corrected chi connectivity index (χ2v) is 7.58. The van der Waals surface area contributed by atoms with Gasteiger partial charge in [-0.1, -0.05) is 72.8 Å². The minimum Gasteiger partial charge on any atom is -0.293 e. The maximum Gasteiger partial charge on any atom is 0.257 e. The molecule has 3 aromatic carbocycles. The van der Waals surface area contributed by atoms with Crippen LogP contribution in [0.25, 0.3) is 0 Å². The van der Waals surface area contributed by atoms with Gasteiger partial charge in [0.25, 0.3) is 5.91 Å². The van der Waals surface area contributed by atoms with Crippen LogP contribution in [0.5, 0.6) is 0 Å². The SMILES string of the molecule is CN(CC(=O)N1N=C(c2ccccc2)C[C@@H]1c1ccc(F)cc1)Cc1ccccc1. The molecule has 152 valence electrons. The fourth-order valence-corrected chi connectivity index (χ4v) is 3.74. The number of carbonyl (C=O) groups excluding carboxylic acids is 1. The topological polar surface area (TPSA) is 35.9 Å². The molecule has 4 rings (SSSR count). The van der Waals surface area contributed by atoms with Crippen molar-refractivity contribution in [1.82, 2.24) is 9.91 Å². The molecular weight excluding hydrogens is 377 g/mol. The van der Waals surface area contributed by atoms with Crippen molar-refractivity contribution in [1.29, 1.82) is 0 Å². The van der Waals surface area contributed by atoms with Crippen LogP contribution in [0.4, 0.5) is 4.39 Å². The van der Waals surface area contributed by atoms with E-state index in [4.69, 9.17) is 0 Å². The number of hydrogen-bond acceptors (Lipinski definition) is 3. The first-order valence-corrected chi connectivity index (χ1v) is 10.0. The molecule has 1 atom stereocenters. The van der Waals surface area contributed by atoms with E-state index in [-0.39, 0.29) is 24.3 Å². The van der Waals surface area contributed by atoms with E-state index in [0.29, 0.717) is 13.0 Å². The molecule has 1 heterocycles. The van der Waals surface area contributed by atoms with Crippen molar-refractivity contribution in [3.8, 4) is 0 Å². The van der Waals surface area contributed by atoms with E-state index in [1.807, 2.05) is 72.6 Å². The quantitative estimate of drug-likeness (QED) is 0.604. The number of nitrogens with zero attached hydrogens (tertiary/aromatic N) is 3. The summed E-state index contributed by atoms with van der Waals surface area (Å²) in [6.45, 7) is 0.926. The molecule has 1 aliphatic heterocycles. The Bertz CT molecular complexity index is 1020. The molecular formula is C25H24FN3O. The molecule has 1 amide bonds. The van der Waals surface area contributed by atoms with Gasteiger partial charge in [-0.05, 0) is 35.9 Å². The summed E-state index contributed by atoms with van der Waals surface area (Å²) >= 11 is 0. The maximum absolute atomic E-state index is 13.4. The lowest BCUT2D eigenvalue weighted by Crippen LogP contribution is -2.36. The highest BCUT2D eigenvalue weighted by atomic mass is 19.1. The summed E-state index contributed by atoms with van der Waals surface area (Å²) in [5.41, 5.74) is 3.89. The van der Waals surface area contributed by atoms with Crippen LogP contribution < -0.4 is 0 Å². The van der Waals surface area contributed by atoms with E-state index in [1.54, 1.807) is 17.1 Å². The van der Waals surface area contributed by atoms with E-state index >= 15 is 0 Å². The lowest BCUT2D eigenvalue weighted by molar-refractivity contribution is -0.134. The van der Waals surface area contributed by atoms with E-state index in [0.717, 1.165) is 22.4 Å². The van der Waals surface area contributed by atoms with Gasteiger partial charge in [0.15, 0.2) is 0 Å². The second kappa shape index (κ2) is 9.01. The van der Waals surface area contributed by atoms with Crippen LogP contribution in [0.1, 0.15) is 29.2 Å². The third kappa shape index (κ3) is 4.63. The molecule has 0 saturated heterocycles. The second-order valence-electron chi connectivity index (χ2n) is 7.58. The van der Waals surface area contributed by atoms with Gasteiger partial charge in [-0.15, -0.1) is 0 Å². The summed E-state index contributed by atoms with van der Waals surface area (Å²) in [5.74, 6) is -0.366. The van der Waals surface area contributed by atoms with E-state index < -0.39 is 0 Å². The monoisotopic (exact) mass is 401 g/mol. The summed E-state index contributed by atoms with van der Waals surface area (Å²) in [4.78, 5) is 15.2. The Hall–Kier alpha value is -3.31. The molecule has 0 aliphatic carbocycles. The van der Waals surface area contributed by atoms with Gasteiger partial charge in [-0.3, -0.25) is 9.69 Å². The zero-order valence-corrected chi connectivity index (χ0v) is 16.9. The fraction of sp³-hybridized carbons (Fsp3) is 0.200. The number of rotatable bonds is 6. The van der Waals surface area contributed by atoms with Crippen LogP contribution in [-0.2, 0) is 11.3 Å². The largest absolute Gasteiger partial charge is 0.293 e. The molecule has 0 N–H and O–H groups in total. The molecule has 0 fully saturated rings. The molecule has 0 radical (unpaired) electrons.